The van der Waals surface area contributed by atoms with Gasteiger partial charge in [0.1, 0.15) is 0 Å². The minimum atomic E-state index is -3.53. The Bertz CT molecular complexity index is 687. The molecule has 2 N–H and O–H groups in total. The molecule has 1 rings (SSSR count). The number of sulfonamides is 1. The highest BCUT2D eigenvalue weighted by molar-refractivity contribution is 7.89. The second kappa shape index (κ2) is 12.4. The number of benzene rings is 1. The number of amides is 1. The van der Waals surface area contributed by atoms with Gasteiger partial charge in [0.25, 0.3) is 5.91 Å². The minimum Gasteiger partial charge on any atom is -0.342 e. The molecular formula is C20H36ClN3O3S. The Morgan fingerprint density at radius 2 is 1.54 bits per heavy atom. The molecule has 8 heteroatoms. The number of nitrogens with zero attached hydrogens (tertiary/aromatic N) is 2. The van der Waals surface area contributed by atoms with E-state index in [9.17, 15) is 13.2 Å². The zero-order valence-electron chi connectivity index (χ0n) is 17.7. The van der Waals surface area contributed by atoms with E-state index in [1.165, 1.54) is 16.4 Å². The molecule has 0 bridgehead atoms. The molecule has 0 aliphatic heterocycles. The molecule has 0 saturated heterocycles. The molecule has 1 amide bonds. The SMILES string of the molecule is CCCN(CCC)S(=O)(=O)c1ccc(C(=O)N(C)CCC(N)C(C)C)cc1.Cl. The number of halogens is 1. The zero-order valence-corrected chi connectivity index (χ0v) is 19.4. The Kier molecular flexibility index (Phi) is 11.9. The predicted octanol–water partition coefficient (Wildman–Crippen LogP) is 3.36. The zero-order chi connectivity index (χ0) is 20.6. The maximum absolute atomic E-state index is 12.8. The average molecular weight is 434 g/mol. The molecule has 0 fully saturated rings. The Balaban J connectivity index is 0.00000729. The fourth-order valence-electron chi connectivity index (χ4n) is 2.77. The minimum absolute atomic E-state index is 0. The van der Waals surface area contributed by atoms with Gasteiger partial charge in [-0.05, 0) is 49.4 Å². The molecular weight excluding hydrogens is 398 g/mol. The summed E-state index contributed by atoms with van der Waals surface area (Å²) in [5.41, 5.74) is 6.52. The Labute approximate surface area is 176 Å². The number of carbonyl (C=O) groups is 1. The van der Waals surface area contributed by atoms with Crippen LogP contribution in [-0.4, -0.2) is 56.3 Å². The van der Waals surface area contributed by atoms with Crippen molar-refractivity contribution in [2.24, 2.45) is 11.7 Å². The molecule has 0 aliphatic rings. The maximum atomic E-state index is 12.8. The predicted molar refractivity (Wildman–Crippen MR) is 117 cm³/mol. The van der Waals surface area contributed by atoms with Crippen molar-refractivity contribution in [2.75, 3.05) is 26.7 Å². The van der Waals surface area contributed by atoms with Gasteiger partial charge >= 0.3 is 0 Å². The van der Waals surface area contributed by atoms with Gasteiger partial charge in [-0.25, -0.2) is 8.42 Å². The van der Waals surface area contributed by atoms with Crippen molar-refractivity contribution in [1.29, 1.82) is 0 Å². The number of hydrogen-bond donors (Lipinski definition) is 1. The standard InChI is InChI=1S/C20H35N3O3S.ClH/c1-6-13-23(14-7-2)27(25,26)18-10-8-17(9-11-18)20(24)22(5)15-12-19(21)16(3)4;/h8-11,16,19H,6-7,12-15,21H2,1-5H3;1H. The lowest BCUT2D eigenvalue weighted by Gasteiger charge is -2.22. The van der Waals surface area contributed by atoms with E-state index in [1.54, 1.807) is 24.1 Å². The highest BCUT2D eigenvalue weighted by atomic mass is 35.5. The summed E-state index contributed by atoms with van der Waals surface area (Å²) in [6.07, 6.45) is 2.26. The van der Waals surface area contributed by atoms with E-state index in [1.807, 2.05) is 13.8 Å². The monoisotopic (exact) mass is 433 g/mol. The largest absolute Gasteiger partial charge is 0.342 e. The number of nitrogens with two attached hydrogens (primary N) is 1. The lowest BCUT2D eigenvalue weighted by Crippen LogP contribution is -2.34. The van der Waals surface area contributed by atoms with Crippen LogP contribution in [0.25, 0.3) is 0 Å². The molecule has 1 aromatic rings. The van der Waals surface area contributed by atoms with Crippen LogP contribution in [0.15, 0.2) is 29.2 Å². The summed E-state index contributed by atoms with van der Waals surface area (Å²) in [6, 6.07) is 6.27. The van der Waals surface area contributed by atoms with Crippen LogP contribution in [0.5, 0.6) is 0 Å². The normalized spacial score (nSPS) is 12.7. The Morgan fingerprint density at radius 3 is 1.96 bits per heavy atom. The van der Waals surface area contributed by atoms with Crippen molar-refractivity contribution in [2.45, 2.75) is 57.9 Å². The third-order valence-electron chi connectivity index (χ3n) is 4.69. The third-order valence-corrected chi connectivity index (χ3v) is 6.60. The summed E-state index contributed by atoms with van der Waals surface area (Å²) >= 11 is 0. The number of rotatable bonds is 11. The lowest BCUT2D eigenvalue weighted by molar-refractivity contribution is 0.0789. The molecule has 0 saturated carbocycles. The van der Waals surface area contributed by atoms with Crippen LogP contribution in [0.4, 0.5) is 0 Å². The topological polar surface area (TPSA) is 83.7 Å². The van der Waals surface area contributed by atoms with Gasteiger partial charge in [-0.3, -0.25) is 4.79 Å². The highest BCUT2D eigenvalue weighted by Crippen LogP contribution is 2.18. The first kappa shape index (κ1) is 26.9. The second-order valence-corrected chi connectivity index (χ2v) is 9.29. The quantitative estimate of drug-likeness (QED) is 0.579. The lowest BCUT2D eigenvalue weighted by atomic mass is 10.0. The first-order valence-corrected chi connectivity index (χ1v) is 11.2. The van der Waals surface area contributed by atoms with E-state index in [-0.39, 0.29) is 29.3 Å². The molecule has 0 heterocycles. The molecule has 1 atom stereocenters. The van der Waals surface area contributed by atoms with Gasteiger partial charge in [-0.1, -0.05) is 27.7 Å². The summed E-state index contributed by atoms with van der Waals surface area (Å²) < 4.78 is 27.1. The van der Waals surface area contributed by atoms with Crippen molar-refractivity contribution in [1.82, 2.24) is 9.21 Å². The molecule has 0 spiro atoms. The molecule has 0 aromatic heterocycles. The van der Waals surface area contributed by atoms with Crippen molar-refractivity contribution < 1.29 is 13.2 Å². The van der Waals surface area contributed by atoms with E-state index in [0.29, 0.717) is 31.1 Å². The molecule has 0 aliphatic carbocycles. The summed E-state index contributed by atoms with van der Waals surface area (Å²) in [5.74, 6) is 0.237. The van der Waals surface area contributed by atoms with Crippen molar-refractivity contribution in [3.05, 3.63) is 29.8 Å². The van der Waals surface area contributed by atoms with Crippen LogP contribution in [0, 0.1) is 5.92 Å². The van der Waals surface area contributed by atoms with E-state index in [4.69, 9.17) is 5.73 Å². The van der Waals surface area contributed by atoms with Gasteiger partial charge in [-0.2, -0.15) is 4.31 Å². The maximum Gasteiger partial charge on any atom is 0.253 e. The summed E-state index contributed by atoms with van der Waals surface area (Å²) in [4.78, 5) is 14.4. The van der Waals surface area contributed by atoms with E-state index in [2.05, 4.69) is 13.8 Å². The van der Waals surface area contributed by atoms with Crippen LogP contribution in [0.2, 0.25) is 0 Å². The molecule has 1 unspecified atom stereocenters. The van der Waals surface area contributed by atoms with E-state index in [0.717, 1.165) is 19.3 Å². The first-order valence-electron chi connectivity index (χ1n) is 9.76. The van der Waals surface area contributed by atoms with Crippen molar-refractivity contribution in [3.63, 3.8) is 0 Å². The van der Waals surface area contributed by atoms with Crippen LogP contribution < -0.4 is 5.73 Å². The van der Waals surface area contributed by atoms with Gasteiger partial charge in [0.2, 0.25) is 10.0 Å². The fraction of sp³-hybridized carbons (Fsp3) is 0.650. The molecule has 0 radical (unpaired) electrons. The van der Waals surface area contributed by atoms with Crippen LogP contribution in [-0.2, 0) is 10.0 Å². The van der Waals surface area contributed by atoms with Gasteiger partial charge in [0.05, 0.1) is 4.90 Å². The highest BCUT2D eigenvalue weighted by Gasteiger charge is 2.23. The first-order chi connectivity index (χ1) is 12.6. The van der Waals surface area contributed by atoms with E-state index < -0.39 is 10.0 Å². The second-order valence-electron chi connectivity index (χ2n) is 7.35. The van der Waals surface area contributed by atoms with E-state index >= 15 is 0 Å². The average Bonchev–Trinajstić information content (AvgIpc) is 2.64. The van der Waals surface area contributed by atoms with Gasteiger partial charge in [0, 0.05) is 38.3 Å². The van der Waals surface area contributed by atoms with Crippen molar-refractivity contribution >= 4 is 28.3 Å². The van der Waals surface area contributed by atoms with Gasteiger partial charge in [-0.15, -0.1) is 12.4 Å². The molecule has 162 valence electrons. The van der Waals surface area contributed by atoms with Crippen LogP contribution in [0.3, 0.4) is 0 Å². The van der Waals surface area contributed by atoms with Gasteiger partial charge < -0.3 is 10.6 Å². The summed E-state index contributed by atoms with van der Waals surface area (Å²) in [5, 5.41) is 0. The smallest absolute Gasteiger partial charge is 0.253 e. The number of carbonyl (C=O) groups excluding carboxylic acids is 1. The van der Waals surface area contributed by atoms with Gasteiger partial charge in [0.15, 0.2) is 0 Å². The molecule has 28 heavy (non-hydrogen) atoms. The fourth-order valence-corrected chi connectivity index (χ4v) is 4.39. The number of hydrogen-bond acceptors (Lipinski definition) is 4. The van der Waals surface area contributed by atoms with Crippen LogP contribution >= 0.6 is 12.4 Å². The Hall–Kier alpha value is -1.15. The molecule has 6 nitrogen and oxygen atoms in total. The third kappa shape index (κ3) is 7.35. The molecule has 1 aromatic carbocycles. The van der Waals surface area contributed by atoms with Crippen molar-refractivity contribution in [3.8, 4) is 0 Å². The van der Waals surface area contributed by atoms with Crippen LogP contribution in [0.1, 0.15) is 57.3 Å². The summed E-state index contributed by atoms with van der Waals surface area (Å²) in [6.45, 7) is 9.60. The Morgan fingerprint density at radius 1 is 1.04 bits per heavy atom. The summed E-state index contributed by atoms with van der Waals surface area (Å²) in [7, 11) is -1.79.